The summed E-state index contributed by atoms with van der Waals surface area (Å²) in [5.74, 6) is -0.0519. The lowest BCUT2D eigenvalue weighted by molar-refractivity contribution is -0.895. The molecule has 2 N–H and O–H groups in total. The molecular formula is C19H23IN3O3S+. The van der Waals surface area contributed by atoms with Gasteiger partial charge in [0.15, 0.2) is 6.54 Å². The molecule has 27 heavy (non-hydrogen) atoms. The van der Waals surface area contributed by atoms with Gasteiger partial charge in [-0.15, -0.1) is 0 Å². The van der Waals surface area contributed by atoms with E-state index in [4.69, 9.17) is 0 Å². The van der Waals surface area contributed by atoms with Gasteiger partial charge >= 0.3 is 0 Å². The number of nitrogens with zero attached hydrogens (tertiary/aromatic N) is 1. The quantitative estimate of drug-likeness (QED) is 0.605. The van der Waals surface area contributed by atoms with E-state index in [0.717, 1.165) is 19.7 Å². The van der Waals surface area contributed by atoms with Crippen molar-refractivity contribution in [3.63, 3.8) is 0 Å². The standard InChI is InChI=1S/C19H22IN3O3S/c1-15-6-8-16(9-7-15)27(25,26)23-12-10-22(11-13-23)14-19(24)21-18-5-3-2-4-17(18)20/h2-9H,10-14H2,1H3,(H,21,24)/p+1. The predicted octanol–water partition coefficient (Wildman–Crippen LogP) is 1.13. The van der Waals surface area contributed by atoms with Gasteiger partial charge in [-0.05, 0) is 53.8 Å². The number of aryl methyl sites for hydroxylation is 1. The highest BCUT2D eigenvalue weighted by molar-refractivity contribution is 14.1. The molecule has 0 saturated carbocycles. The van der Waals surface area contributed by atoms with E-state index in [-0.39, 0.29) is 5.91 Å². The van der Waals surface area contributed by atoms with Crippen LogP contribution in [0, 0.1) is 10.5 Å². The van der Waals surface area contributed by atoms with Crippen LogP contribution in [0.3, 0.4) is 0 Å². The van der Waals surface area contributed by atoms with Gasteiger partial charge in [0, 0.05) is 3.57 Å². The molecule has 1 amide bonds. The number of carbonyl (C=O) groups excluding carboxylic acids is 1. The zero-order valence-electron chi connectivity index (χ0n) is 15.1. The maximum absolute atomic E-state index is 12.7. The number of halogens is 1. The summed E-state index contributed by atoms with van der Waals surface area (Å²) in [6.45, 7) is 4.33. The van der Waals surface area contributed by atoms with Gasteiger partial charge in [0.05, 0.1) is 36.8 Å². The number of nitrogens with one attached hydrogen (secondary N) is 2. The predicted molar refractivity (Wildman–Crippen MR) is 113 cm³/mol. The number of carbonyl (C=O) groups is 1. The molecule has 144 valence electrons. The van der Waals surface area contributed by atoms with Crippen LogP contribution >= 0.6 is 22.6 Å². The normalized spacial score (nSPS) is 16.2. The van der Waals surface area contributed by atoms with E-state index in [9.17, 15) is 13.2 Å². The van der Waals surface area contributed by atoms with Crippen LogP contribution in [0.1, 0.15) is 5.56 Å². The van der Waals surface area contributed by atoms with Gasteiger partial charge in [-0.2, -0.15) is 4.31 Å². The van der Waals surface area contributed by atoms with E-state index >= 15 is 0 Å². The smallest absolute Gasteiger partial charge is 0.279 e. The van der Waals surface area contributed by atoms with Crippen molar-refractivity contribution in [3.8, 4) is 0 Å². The summed E-state index contributed by atoms with van der Waals surface area (Å²) in [7, 11) is -3.47. The highest BCUT2D eigenvalue weighted by atomic mass is 127. The first-order valence-electron chi connectivity index (χ1n) is 8.81. The number of anilines is 1. The van der Waals surface area contributed by atoms with Crippen molar-refractivity contribution in [2.45, 2.75) is 11.8 Å². The maximum atomic E-state index is 12.7. The summed E-state index contributed by atoms with van der Waals surface area (Å²) in [5.41, 5.74) is 1.84. The molecule has 0 atom stereocenters. The van der Waals surface area contributed by atoms with E-state index in [1.165, 1.54) is 4.31 Å². The van der Waals surface area contributed by atoms with Crippen LogP contribution in [0.25, 0.3) is 0 Å². The summed E-state index contributed by atoms with van der Waals surface area (Å²) >= 11 is 2.19. The summed E-state index contributed by atoms with van der Waals surface area (Å²) in [6.07, 6.45) is 0. The third kappa shape index (κ3) is 5.07. The second kappa shape index (κ2) is 8.68. The molecule has 1 aliphatic rings. The number of hydrogen-bond donors (Lipinski definition) is 2. The number of para-hydroxylation sites is 1. The first-order valence-corrected chi connectivity index (χ1v) is 11.3. The Labute approximate surface area is 173 Å². The van der Waals surface area contributed by atoms with Gasteiger partial charge in [-0.3, -0.25) is 4.79 Å². The fourth-order valence-corrected chi connectivity index (χ4v) is 5.03. The number of quaternary nitrogens is 1. The van der Waals surface area contributed by atoms with Crippen LogP contribution < -0.4 is 10.2 Å². The molecule has 3 rings (SSSR count). The third-order valence-corrected chi connectivity index (χ3v) is 7.50. The lowest BCUT2D eigenvalue weighted by Crippen LogP contribution is -3.15. The van der Waals surface area contributed by atoms with E-state index < -0.39 is 10.0 Å². The summed E-state index contributed by atoms with van der Waals surface area (Å²) in [4.78, 5) is 13.7. The number of sulfonamides is 1. The number of hydrogen-bond acceptors (Lipinski definition) is 3. The first-order chi connectivity index (χ1) is 12.9. The fraction of sp³-hybridized carbons (Fsp3) is 0.316. The van der Waals surface area contributed by atoms with Gasteiger partial charge in [-0.25, -0.2) is 8.42 Å². The zero-order valence-corrected chi connectivity index (χ0v) is 18.1. The van der Waals surface area contributed by atoms with E-state index in [2.05, 4.69) is 27.9 Å². The third-order valence-electron chi connectivity index (χ3n) is 4.65. The average molecular weight is 500 g/mol. The fourth-order valence-electron chi connectivity index (χ4n) is 3.06. The minimum atomic E-state index is -3.47. The highest BCUT2D eigenvalue weighted by Gasteiger charge is 2.31. The molecule has 1 heterocycles. The van der Waals surface area contributed by atoms with Crippen LogP contribution in [-0.4, -0.2) is 51.4 Å². The van der Waals surface area contributed by atoms with Crippen LogP contribution in [0.2, 0.25) is 0 Å². The van der Waals surface area contributed by atoms with Crippen molar-refractivity contribution in [2.24, 2.45) is 0 Å². The van der Waals surface area contributed by atoms with Crippen molar-refractivity contribution >= 4 is 44.2 Å². The summed E-state index contributed by atoms with van der Waals surface area (Å²) < 4.78 is 28.0. The van der Waals surface area contributed by atoms with Crippen molar-refractivity contribution in [3.05, 3.63) is 57.7 Å². The number of rotatable bonds is 5. The molecule has 0 unspecified atom stereocenters. The molecule has 2 aromatic carbocycles. The largest absolute Gasteiger partial charge is 0.325 e. The molecule has 0 aliphatic carbocycles. The Morgan fingerprint density at radius 3 is 2.37 bits per heavy atom. The Balaban J connectivity index is 1.55. The second-order valence-corrected chi connectivity index (χ2v) is 9.77. The average Bonchev–Trinajstić information content (AvgIpc) is 2.64. The van der Waals surface area contributed by atoms with Gasteiger partial charge in [-0.1, -0.05) is 29.8 Å². The number of benzene rings is 2. The minimum absolute atomic E-state index is 0.0519. The number of amides is 1. The first kappa shape index (κ1) is 20.2. The second-order valence-electron chi connectivity index (χ2n) is 6.67. The molecular weight excluding hydrogens is 477 g/mol. The van der Waals surface area contributed by atoms with E-state index in [1.807, 2.05) is 43.3 Å². The molecule has 6 nitrogen and oxygen atoms in total. The molecule has 8 heteroatoms. The lowest BCUT2D eigenvalue weighted by atomic mass is 10.2. The summed E-state index contributed by atoms with van der Waals surface area (Å²) in [6, 6.07) is 14.6. The Morgan fingerprint density at radius 1 is 1.11 bits per heavy atom. The minimum Gasteiger partial charge on any atom is -0.325 e. The maximum Gasteiger partial charge on any atom is 0.279 e. The molecule has 1 aliphatic heterocycles. The van der Waals surface area contributed by atoms with Gasteiger partial charge in [0.2, 0.25) is 10.0 Å². The van der Waals surface area contributed by atoms with Crippen molar-refractivity contribution < 1.29 is 18.1 Å². The van der Waals surface area contributed by atoms with E-state index in [1.54, 1.807) is 12.1 Å². The van der Waals surface area contributed by atoms with Gasteiger partial charge in [0.1, 0.15) is 0 Å². The SMILES string of the molecule is Cc1ccc(S(=O)(=O)N2CC[NH+](CC(=O)Nc3ccccc3I)CC2)cc1. The zero-order chi connectivity index (χ0) is 19.4. The Bertz CT molecular complexity index is 908. The van der Waals surface area contributed by atoms with Crippen LogP contribution in [0.4, 0.5) is 5.69 Å². The molecule has 0 aromatic heterocycles. The Morgan fingerprint density at radius 2 is 1.74 bits per heavy atom. The van der Waals surface area contributed by atoms with Crippen LogP contribution in [0.15, 0.2) is 53.4 Å². The molecule has 2 aromatic rings. The summed E-state index contributed by atoms with van der Waals surface area (Å²) in [5, 5.41) is 2.93. The Kier molecular flexibility index (Phi) is 6.51. The van der Waals surface area contributed by atoms with E-state index in [0.29, 0.717) is 37.6 Å². The molecule has 1 saturated heterocycles. The molecule has 0 radical (unpaired) electrons. The Hall–Kier alpha value is -1.49. The van der Waals surface area contributed by atoms with Crippen molar-refractivity contribution in [1.29, 1.82) is 0 Å². The monoisotopic (exact) mass is 500 g/mol. The topological polar surface area (TPSA) is 70.9 Å². The van der Waals surface area contributed by atoms with Crippen molar-refractivity contribution in [2.75, 3.05) is 38.0 Å². The molecule has 0 bridgehead atoms. The van der Waals surface area contributed by atoms with Gasteiger partial charge < -0.3 is 10.2 Å². The number of piperazine rings is 1. The highest BCUT2D eigenvalue weighted by Crippen LogP contribution is 2.17. The molecule has 1 fully saturated rings. The van der Waals surface area contributed by atoms with Gasteiger partial charge in [0.25, 0.3) is 5.91 Å². The van der Waals surface area contributed by atoms with Crippen LogP contribution in [0.5, 0.6) is 0 Å². The lowest BCUT2D eigenvalue weighted by Gasteiger charge is -2.31. The van der Waals surface area contributed by atoms with Crippen molar-refractivity contribution in [1.82, 2.24) is 4.31 Å². The van der Waals surface area contributed by atoms with Crippen LogP contribution in [-0.2, 0) is 14.8 Å². The molecule has 0 spiro atoms.